The lowest BCUT2D eigenvalue weighted by atomic mass is 9.86. The van der Waals surface area contributed by atoms with Crippen LogP contribution < -0.4 is 5.32 Å². The van der Waals surface area contributed by atoms with Crippen LogP contribution >= 0.6 is 11.8 Å². The molecule has 162 valence electrons. The van der Waals surface area contributed by atoms with Gasteiger partial charge >= 0.3 is 0 Å². The Morgan fingerprint density at radius 3 is 2.38 bits per heavy atom. The highest BCUT2D eigenvalue weighted by molar-refractivity contribution is 8.00. The molecule has 1 heterocycles. The highest BCUT2D eigenvalue weighted by atomic mass is 32.2. The van der Waals surface area contributed by atoms with Gasteiger partial charge < -0.3 is 10.2 Å². The Balaban J connectivity index is 2.19. The summed E-state index contributed by atoms with van der Waals surface area (Å²) in [6.07, 6.45) is 4.12. The molecule has 0 radical (unpaired) electrons. The van der Waals surface area contributed by atoms with Gasteiger partial charge in [-0.1, -0.05) is 66.5 Å². The molecule has 29 heavy (non-hydrogen) atoms. The number of benzene rings is 1. The van der Waals surface area contributed by atoms with E-state index in [9.17, 15) is 9.59 Å². The molecule has 2 rings (SSSR count). The van der Waals surface area contributed by atoms with Crippen LogP contribution in [0.1, 0.15) is 83.1 Å². The number of unbranched alkanes of at least 4 members (excludes halogenated alkanes) is 2. The van der Waals surface area contributed by atoms with Crippen LogP contribution in [0.2, 0.25) is 0 Å². The number of nitrogens with one attached hydrogen (secondary N) is 1. The van der Waals surface area contributed by atoms with E-state index in [4.69, 9.17) is 0 Å². The summed E-state index contributed by atoms with van der Waals surface area (Å²) in [5, 5.41) is 3.10. The van der Waals surface area contributed by atoms with Crippen molar-refractivity contribution >= 4 is 23.6 Å². The first-order chi connectivity index (χ1) is 13.6. The molecule has 0 aromatic heterocycles. The molecule has 4 nitrogen and oxygen atoms in total. The Kier molecular flexibility index (Phi) is 8.62. The minimum absolute atomic E-state index is 0.0143. The third kappa shape index (κ3) is 6.50. The molecule has 0 bridgehead atoms. The molecule has 1 N–H and O–H groups in total. The van der Waals surface area contributed by atoms with Gasteiger partial charge in [0.1, 0.15) is 6.04 Å². The van der Waals surface area contributed by atoms with Gasteiger partial charge in [-0.2, -0.15) is 0 Å². The van der Waals surface area contributed by atoms with Crippen molar-refractivity contribution in [1.29, 1.82) is 0 Å². The largest absolute Gasteiger partial charge is 0.354 e. The maximum atomic E-state index is 13.4. The number of hydrogen-bond acceptors (Lipinski definition) is 3. The quantitative estimate of drug-likeness (QED) is 0.589. The molecule has 0 saturated carbocycles. The summed E-state index contributed by atoms with van der Waals surface area (Å²) in [6.45, 7) is 13.7. The molecule has 2 atom stereocenters. The van der Waals surface area contributed by atoms with E-state index in [2.05, 4.69) is 46.9 Å². The van der Waals surface area contributed by atoms with E-state index in [0.29, 0.717) is 23.8 Å². The molecule has 5 heteroatoms. The molecular formula is C24H38N2O2S. The molecule has 2 unspecified atom stereocenters. The summed E-state index contributed by atoms with van der Waals surface area (Å²) in [6, 6.07) is 7.50. The van der Waals surface area contributed by atoms with Gasteiger partial charge in [0.05, 0.1) is 5.37 Å². The average Bonchev–Trinajstić information content (AvgIpc) is 3.06. The summed E-state index contributed by atoms with van der Waals surface area (Å²) in [7, 11) is 0. The number of nitrogens with zero attached hydrogens (tertiary/aromatic N) is 1. The summed E-state index contributed by atoms with van der Waals surface area (Å²) < 4.78 is 0. The molecule has 2 amide bonds. The van der Waals surface area contributed by atoms with E-state index < -0.39 is 0 Å². The van der Waals surface area contributed by atoms with Gasteiger partial charge in [0, 0.05) is 17.9 Å². The molecule has 1 aromatic rings. The smallest absolute Gasteiger partial charge is 0.255 e. The Morgan fingerprint density at radius 1 is 1.17 bits per heavy atom. The van der Waals surface area contributed by atoms with Crippen LogP contribution in [-0.2, 0) is 10.2 Å². The van der Waals surface area contributed by atoms with Crippen molar-refractivity contribution in [3.63, 3.8) is 0 Å². The van der Waals surface area contributed by atoms with Gasteiger partial charge in [0.15, 0.2) is 0 Å². The Bertz CT molecular complexity index is 679. The van der Waals surface area contributed by atoms with Crippen molar-refractivity contribution in [2.75, 3.05) is 12.3 Å². The number of rotatable bonds is 8. The van der Waals surface area contributed by atoms with Crippen LogP contribution in [0.25, 0.3) is 0 Å². The van der Waals surface area contributed by atoms with Crippen LogP contribution in [0.4, 0.5) is 0 Å². The fourth-order valence-electron chi connectivity index (χ4n) is 3.59. The van der Waals surface area contributed by atoms with Crippen molar-refractivity contribution in [1.82, 2.24) is 10.2 Å². The first kappa shape index (κ1) is 23.8. The molecule has 1 aromatic carbocycles. The van der Waals surface area contributed by atoms with Crippen LogP contribution in [-0.4, -0.2) is 40.4 Å². The molecule has 1 fully saturated rings. The second kappa shape index (κ2) is 10.5. The number of amides is 2. The lowest BCUT2D eigenvalue weighted by Gasteiger charge is -2.30. The predicted molar refractivity (Wildman–Crippen MR) is 123 cm³/mol. The fourth-order valence-corrected chi connectivity index (χ4v) is 5.23. The van der Waals surface area contributed by atoms with Gasteiger partial charge in [0.25, 0.3) is 5.91 Å². The molecular weight excluding hydrogens is 380 g/mol. The molecule has 1 saturated heterocycles. The SMILES string of the molecule is CCCCCNC(=O)C1CSC(CC(C)C)N1C(=O)c1ccc(C(C)(C)C)cc1. The topological polar surface area (TPSA) is 49.4 Å². The van der Waals surface area contributed by atoms with Crippen molar-refractivity contribution in [2.24, 2.45) is 5.92 Å². The van der Waals surface area contributed by atoms with Gasteiger partial charge in [-0.15, -0.1) is 11.8 Å². The van der Waals surface area contributed by atoms with E-state index in [1.807, 2.05) is 29.2 Å². The summed E-state index contributed by atoms with van der Waals surface area (Å²) in [5.74, 6) is 1.09. The molecule has 0 aliphatic carbocycles. The van der Waals surface area contributed by atoms with Crippen LogP contribution in [0, 0.1) is 5.92 Å². The third-order valence-corrected chi connectivity index (χ3v) is 6.69. The van der Waals surface area contributed by atoms with Crippen LogP contribution in [0.3, 0.4) is 0 Å². The van der Waals surface area contributed by atoms with E-state index in [1.54, 1.807) is 11.8 Å². The zero-order chi connectivity index (χ0) is 21.6. The first-order valence-corrected chi connectivity index (χ1v) is 12.0. The Hall–Kier alpha value is -1.49. The van der Waals surface area contributed by atoms with Gasteiger partial charge in [-0.25, -0.2) is 0 Å². The van der Waals surface area contributed by atoms with Crippen molar-refractivity contribution in [2.45, 2.75) is 84.1 Å². The van der Waals surface area contributed by atoms with E-state index >= 15 is 0 Å². The maximum Gasteiger partial charge on any atom is 0.255 e. The molecule has 1 aliphatic rings. The Labute approximate surface area is 181 Å². The minimum Gasteiger partial charge on any atom is -0.354 e. The second-order valence-electron chi connectivity index (χ2n) is 9.47. The lowest BCUT2D eigenvalue weighted by Crippen LogP contribution is -2.50. The zero-order valence-corrected chi connectivity index (χ0v) is 19.8. The maximum absolute atomic E-state index is 13.4. The summed E-state index contributed by atoms with van der Waals surface area (Å²) >= 11 is 1.73. The Morgan fingerprint density at radius 2 is 1.83 bits per heavy atom. The summed E-state index contributed by atoms with van der Waals surface area (Å²) in [5.41, 5.74) is 1.92. The number of carbonyl (C=O) groups is 2. The normalized spacial score (nSPS) is 19.6. The van der Waals surface area contributed by atoms with E-state index in [0.717, 1.165) is 25.7 Å². The van der Waals surface area contributed by atoms with Gasteiger partial charge in [-0.05, 0) is 41.9 Å². The van der Waals surface area contributed by atoms with Crippen LogP contribution in [0.15, 0.2) is 24.3 Å². The predicted octanol–water partition coefficient (Wildman–Crippen LogP) is 5.22. The highest BCUT2D eigenvalue weighted by Gasteiger charge is 2.41. The van der Waals surface area contributed by atoms with Crippen LogP contribution in [0.5, 0.6) is 0 Å². The average molecular weight is 419 g/mol. The molecule has 0 spiro atoms. The van der Waals surface area contributed by atoms with Gasteiger partial charge in [0.2, 0.25) is 5.91 Å². The third-order valence-electron chi connectivity index (χ3n) is 5.38. The van der Waals surface area contributed by atoms with Crippen molar-refractivity contribution in [3.05, 3.63) is 35.4 Å². The number of hydrogen-bond donors (Lipinski definition) is 1. The summed E-state index contributed by atoms with van der Waals surface area (Å²) in [4.78, 5) is 28.1. The van der Waals surface area contributed by atoms with Gasteiger partial charge in [-0.3, -0.25) is 9.59 Å². The van der Waals surface area contributed by atoms with Crippen molar-refractivity contribution < 1.29 is 9.59 Å². The van der Waals surface area contributed by atoms with Crippen molar-refractivity contribution in [3.8, 4) is 0 Å². The fraction of sp³-hybridized carbons (Fsp3) is 0.667. The standard InChI is InChI=1S/C24H38N2O2S/c1-7-8-9-14-25-22(27)20-16-29-21(15-17(2)3)26(20)23(28)18-10-12-19(13-11-18)24(4,5)6/h10-13,17,20-21H,7-9,14-16H2,1-6H3,(H,25,27). The zero-order valence-electron chi connectivity index (χ0n) is 19.0. The minimum atomic E-state index is -0.389. The monoisotopic (exact) mass is 418 g/mol. The highest BCUT2D eigenvalue weighted by Crippen LogP contribution is 2.35. The first-order valence-electron chi connectivity index (χ1n) is 11.0. The lowest BCUT2D eigenvalue weighted by molar-refractivity contribution is -0.124. The van der Waals surface area contributed by atoms with E-state index in [-0.39, 0.29) is 28.6 Å². The second-order valence-corrected chi connectivity index (χ2v) is 10.7. The number of thioether (sulfide) groups is 1. The molecule has 1 aliphatic heterocycles. The number of carbonyl (C=O) groups excluding carboxylic acids is 2. The van der Waals surface area contributed by atoms with E-state index in [1.165, 1.54) is 5.56 Å².